The van der Waals surface area contributed by atoms with Crippen molar-refractivity contribution in [1.82, 2.24) is 5.01 Å². The Bertz CT molecular complexity index is 1360. The number of hydrogen-bond donors (Lipinski definition) is 1. The highest BCUT2D eigenvalue weighted by Gasteiger charge is 2.39. The first kappa shape index (κ1) is 24.6. The second-order valence-electron chi connectivity index (χ2n) is 8.54. The van der Waals surface area contributed by atoms with Gasteiger partial charge in [0.25, 0.3) is 5.91 Å². The monoisotopic (exact) mass is 514 g/mol. The van der Waals surface area contributed by atoms with Crippen LogP contribution in [-0.2, 0) is 9.59 Å². The van der Waals surface area contributed by atoms with Crippen molar-refractivity contribution in [3.8, 4) is 11.5 Å². The summed E-state index contributed by atoms with van der Waals surface area (Å²) in [4.78, 5) is 29.9. The van der Waals surface area contributed by atoms with Crippen LogP contribution >= 0.6 is 11.8 Å². The van der Waals surface area contributed by atoms with Gasteiger partial charge in [-0.3, -0.25) is 9.59 Å². The van der Waals surface area contributed by atoms with Crippen molar-refractivity contribution in [3.05, 3.63) is 90.0 Å². The number of methoxy groups -OCH3 is 2. The normalized spacial score (nSPS) is 18.9. The van der Waals surface area contributed by atoms with Gasteiger partial charge in [-0.05, 0) is 47.5 Å². The summed E-state index contributed by atoms with van der Waals surface area (Å²) in [6.45, 7) is 0. The zero-order valence-electron chi connectivity index (χ0n) is 20.5. The van der Waals surface area contributed by atoms with Crippen molar-refractivity contribution >= 4 is 40.1 Å². The number of benzene rings is 3. The number of rotatable bonds is 7. The molecule has 0 unspecified atom stereocenters. The van der Waals surface area contributed by atoms with Crippen molar-refractivity contribution < 1.29 is 19.1 Å². The zero-order valence-corrected chi connectivity index (χ0v) is 21.3. The summed E-state index contributed by atoms with van der Waals surface area (Å²) in [7, 11) is 3.18. The quantitative estimate of drug-likeness (QED) is 0.483. The summed E-state index contributed by atoms with van der Waals surface area (Å²) in [6, 6.07) is 24.8. The molecule has 0 saturated carbocycles. The molecule has 0 radical (unpaired) electrons. The third kappa shape index (κ3) is 5.36. The SMILES string of the molecule is COc1ccc(C2=NN(C3=NC(=O)[C@H](CC(=O)Nc4ccccc4OC)S3)[C@H](c3ccccc3)C2)cc1. The number of anilines is 1. The van der Waals surface area contributed by atoms with Crippen molar-refractivity contribution in [2.45, 2.75) is 24.1 Å². The van der Waals surface area contributed by atoms with Gasteiger partial charge in [-0.2, -0.15) is 10.1 Å². The molecular weight excluding hydrogens is 488 g/mol. The number of hydrazone groups is 1. The molecule has 2 atom stereocenters. The Labute approximate surface area is 219 Å². The maximum atomic E-state index is 12.8. The molecule has 0 aromatic heterocycles. The molecule has 2 amide bonds. The fourth-order valence-corrected chi connectivity index (χ4v) is 5.36. The average Bonchev–Trinajstić information content (AvgIpc) is 3.53. The maximum absolute atomic E-state index is 12.8. The molecule has 0 bridgehead atoms. The number of nitrogens with zero attached hydrogens (tertiary/aromatic N) is 3. The molecule has 0 spiro atoms. The molecule has 2 heterocycles. The summed E-state index contributed by atoms with van der Waals surface area (Å²) in [5.41, 5.74) is 3.50. The highest BCUT2D eigenvalue weighted by Crippen LogP contribution is 2.38. The van der Waals surface area contributed by atoms with Crippen LogP contribution in [-0.4, -0.2) is 47.2 Å². The smallest absolute Gasteiger partial charge is 0.262 e. The molecule has 37 heavy (non-hydrogen) atoms. The van der Waals surface area contributed by atoms with E-state index >= 15 is 0 Å². The lowest BCUT2D eigenvalue weighted by molar-refractivity contribution is -0.121. The van der Waals surface area contributed by atoms with E-state index < -0.39 is 5.25 Å². The number of carbonyl (C=O) groups is 2. The van der Waals surface area contributed by atoms with E-state index in [9.17, 15) is 9.59 Å². The number of amides is 2. The van der Waals surface area contributed by atoms with Gasteiger partial charge in [0.05, 0.1) is 31.7 Å². The first-order chi connectivity index (χ1) is 18.1. The molecular formula is C28H26N4O4S. The van der Waals surface area contributed by atoms with Gasteiger partial charge in [0.2, 0.25) is 5.91 Å². The second-order valence-corrected chi connectivity index (χ2v) is 9.71. The van der Waals surface area contributed by atoms with Crippen LogP contribution in [0.4, 0.5) is 5.69 Å². The minimum atomic E-state index is -0.624. The van der Waals surface area contributed by atoms with Gasteiger partial charge in [-0.15, -0.1) is 0 Å². The van der Waals surface area contributed by atoms with Crippen molar-refractivity contribution in [1.29, 1.82) is 0 Å². The third-order valence-electron chi connectivity index (χ3n) is 6.19. The van der Waals surface area contributed by atoms with Crippen LogP contribution in [0.5, 0.6) is 11.5 Å². The second kappa shape index (κ2) is 10.9. The Kier molecular flexibility index (Phi) is 7.23. The minimum absolute atomic E-state index is 0.00650. The number of thioether (sulfide) groups is 1. The predicted molar refractivity (Wildman–Crippen MR) is 145 cm³/mol. The standard InChI is InChI=1S/C28H26N4O4S/c1-35-20-14-12-18(13-15-20)22-16-23(19-8-4-3-5-9-19)32(31-22)28-30-27(34)25(37-28)17-26(33)29-21-10-6-7-11-24(21)36-2/h3-15,23,25H,16-17H2,1-2H3,(H,29,33)/t23-,25-/m0/s1. The van der Waals surface area contributed by atoms with E-state index in [0.29, 0.717) is 23.0 Å². The van der Waals surface area contributed by atoms with Crippen LogP contribution in [0.2, 0.25) is 0 Å². The number of ether oxygens (including phenoxy) is 2. The Balaban J connectivity index is 1.34. The number of carbonyl (C=O) groups excluding carboxylic acids is 2. The number of amidine groups is 1. The lowest BCUT2D eigenvalue weighted by Gasteiger charge is -2.23. The summed E-state index contributed by atoms with van der Waals surface area (Å²) < 4.78 is 10.6. The van der Waals surface area contributed by atoms with Gasteiger partial charge in [-0.1, -0.05) is 54.2 Å². The Morgan fingerprint density at radius 2 is 1.73 bits per heavy atom. The third-order valence-corrected chi connectivity index (χ3v) is 7.34. The Hall–Kier alpha value is -4.11. The molecule has 0 aliphatic carbocycles. The van der Waals surface area contributed by atoms with Gasteiger partial charge in [0.1, 0.15) is 16.7 Å². The van der Waals surface area contributed by atoms with E-state index in [-0.39, 0.29) is 24.3 Å². The van der Waals surface area contributed by atoms with Crippen molar-refractivity contribution in [2.75, 3.05) is 19.5 Å². The van der Waals surface area contributed by atoms with Crippen LogP contribution < -0.4 is 14.8 Å². The van der Waals surface area contributed by atoms with Crippen LogP contribution in [0.3, 0.4) is 0 Å². The van der Waals surface area contributed by atoms with Gasteiger partial charge in [0, 0.05) is 12.8 Å². The highest BCUT2D eigenvalue weighted by molar-refractivity contribution is 8.15. The van der Waals surface area contributed by atoms with E-state index in [1.807, 2.05) is 71.7 Å². The number of nitrogens with one attached hydrogen (secondary N) is 1. The lowest BCUT2D eigenvalue weighted by atomic mass is 9.98. The van der Waals surface area contributed by atoms with Crippen LogP contribution in [0.1, 0.15) is 30.0 Å². The van der Waals surface area contributed by atoms with Crippen molar-refractivity contribution in [3.63, 3.8) is 0 Å². The molecule has 2 aliphatic rings. The lowest BCUT2D eigenvalue weighted by Crippen LogP contribution is -2.25. The summed E-state index contributed by atoms with van der Waals surface area (Å²) in [5, 5.41) is 9.40. The minimum Gasteiger partial charge on any atom is -0.497 e. The predicted octanol–water partition coefficient (Wildman–Crippen LogP) is 4.88. The Morgan fingerprint density at radius 1 is 1.00 bits per heavy atom. The van der Waals surface area contributed by atoms with E-state index in [1.54, 1.807) is 26.4 Å². The van der Waals surface area contributed by atoms with E-state index in [2.05, 4.69) is 10.3 Å². The van der Waals surface area contributed by atoms with Crippen molar-refractivity contribution in [2.24, 2.45) is 10.1 Å². The number of para-hydroxylation sites is 2. The molecule has 2 aliphatic heterocycles. The van der Waals surface area contributed by atoms with E-state index in [1.165, 1.54) is 11.8 Å². The molecule has 188 valence electrons. The number of aliphatic imine (C=N–C) groups is 1. The van der Waals surface area contributed by atoms with Gasteiger partial charge in [0.15, 0.2) is 5.17 Å². The van der Waals surface area contributed by atoms with E-state index in [4.69, 9.17) is 14.6 Å². The van der Waals surface area contributed by atoms with Gasteiger partial charge in [-0.25, -0.2) is 5.01 Å². The molecule has 3 aromatic rings. The fourth-order valence-electron chi connectivity index (χ4n) is 4.30. The average molecular weight is 515 g/mol. The Morgan fingerprint density at radius 3 is 2.46 bits per heavy atom. The summed E-state index contributed by atoms with van der Waals surface area (Å²) in [6.07, 6.45) is 0.649. The van der Waals surface area contributed by atoms with Crippen LogP contribution in [0.15, 0.2) is 89.0 Å². The fraction of sp³-hybridized carbons (Fsp3) is 0.214. The zero-order chi connectivity index (χ0) is 25.8. The summed E-state index contributed by atoms with van der Waals surface area (Å²) in [5.74, 6) is 0.709. The molecule has 5 rings (SSSR count). The molecule has 3 aromatic carbocycles. The molecule has 0 saturated heterocycles. The number of hydrogen-bond acceptors (Lipinski definition) is 7. The summed E-state index contributed by atoms with van der Waals surface area (Å²) >= 11 is 1.27. The topological polar surface area (TPSA) is 92.6 Å². The van der Waals surface area contributed by atoms with E-state index in [0.717, 1.165) is 22.6 Å². The highest BCUT2D eigenvalue weighted by atomic mass is 32.2. The molecule has 0 fully saturated rings. The van der Waals surface area contributed by atoms with Crippen LogP contribution in [0.25, 0.3) is 0 Å². The van der Waals surface area contributed by atoms with Gasteiger partial charge >= 0.3 is 0 Å². The first-order valence-electron chi connectivity index (χ1n) is 11.8. The van der Waals surface area contributed by atoms with Crippen LogP contribution in [0, 0.1) is 0 Å². The molecule has 1 N–H and O–H groups in total. The largest absolute Gasteiger partial charge is 0.497 e. The van der Waals surface area contributed by atoms with Gasteiger partial charge < -0.3 is 14.8 Å². The molecule has 9 heteroatoms. The maximum Gasteiger partial charge on any atom is 0.262 e. The first-order valence-corrected chi connectivity index (χ1v) is 12.7. The molecule has 8 nitrogen and oxygen atoms in total.